The molecule has 1 aliphatic rings. The average Bonchev–Trinajstić information content (AvgIpc) is 2.75. The third-order valence-electron chi connectivity index (χ3n) is 3.18. The molecular formula is C10H16N4O6. The Bertz CT molecular complexity index is 506. The Kier molecular flexibility index (Phi) is 3.92. The van der Waals surface area contributed by atoms with E-state index in [0.29, 0.717) is 0 Å². The first-order valence-corrected chi connectivity index (χ1v) is 5.81. The van der Waals surface area contributed by atoms with Gasteiger partial charge in [-0.2, -0.15) is 0 Å². The summed E-state index contributed by atoms with van der Waals surface area (Å²) in [6, 6.07) is 0. The van der Waals surface area contributed by atoms with Crippen LogP contribution < -0.4 is 11.5 Å². The van der Waals surface area contributed by atoms with E-state index in [9.17, 15) is 25.2 Å². The molecular weight excluding hydrogens is 272 g/mol. The molecule has 1 fully saturated rings. The third-order valence-corrected chi connectivity index (χ3v) is 3.18. The first-order valence-electron chi connectivity index (χ1n) is 5.81. The van der Waals surface area contributed by atoms with Gasteiger partial charge in [-0.25, -0.2) is 4.98 Å². The van der Waals surface area contributed by atoms with Crippen molar-refractivity contribution in [2.45, 2.75) is 37.3 Å². The molecule has 1 amide bonds. The van der Waals surface area contributed by atoms with Crippen molar-refractivity contribution >= 4 is 11.7 Å². The number of nitrogens with two attached hydrogens (primary N) is 2. The Morgan fingerprint density at radius 1 is 1.30 bits per heavy atom. The normalized spacial score (nSPS) is 34.1. The van der Waals surface area contributed by atoms with Gasteiger partial charge in [-0.15, -0.1) is 0 Å². The number of rotatable bonds is 3. The Hall–Kier alpha value is -1.72. The third kappa shape index (κ3) is 2.46. The Morgan fingerprint density at radius 2 is 1.95 bits per heavy atom. The highest BCUT2D eigenvalue weighted by Crippen LogP contribution is 2.22. The second kappa shape index (κ2) is 5.34. The van der Waals surface area contributed by atoms with E-state index in [1.807, 2.05) is 0 Å². The van der Waals surface area contributed by atoms with Gasteiger partial charge in [-0.1, -0.05) is 0 Å². The van der Waals surface area contributed by atoms with E-state index in [4.69, 9.17) is 16.2 Å². The van der Waals surface area contributed by atoms with Crippen molar-refractivity contribution in [1.82, 2.24) is 9.55 Å². The van der Waals surface area contributed by atoms with Crippen LogP contribution in [0.1, 0.15) is 10.5 Å². The van der Waals surface area contributed by atoms with Crippen molar-refractivity contribution in [3.05, 3.63) is 12.0 Å². The van der Waals surface area contributed by atoms with Gasteiger partial charge in [0.25, 0.3) is 5.91 Å². The maximum absolute atomic E-state index is 11.0. The maximum Gasteiger partial charge on any atom is 0.271 e. The molecule has 10 heteroatoms. The van der Waals surface area contributed by atoms with Crippen LogP contribution in [-0.2, 0) is 11.3 Å². The molecule has 0 bridgehead atoms. The van der Waals surface area contributed by atoms with Crippen LogP contribution in [0, 0.1) is 0 Å². The summed E-state index contributed by atoms with van der Waals surface area (Å²) in [7, 11) is 0. The zero-order valence-electron chi connectivity index (χ0n) is 10.3. The van der Waals surface area contributed by atoms with Gasteiger partial charge in [-0.05, 0) is 0 Å². The van der Waals surface area contributed by atoms with Crippen LogP contribution in [0.25, 0.3) is 0 Å². The van der Waals surface area contributed by atoms with Gasteiger partial charge in [0.15, 0.2) is 12.0 Å². The number of aromatic nitrogens is 2. The molecule has 2 heterocycles. The van der Waals surface area contributed by atoms with Crippen LogP contribution in [0.2, 0.25) is 0 Å². The number of nitrogen functional groups attached to an aromatic ring is 1. The number of ether oxygens (including phenoxy) is 1. The number of aliphatic hydroxyl groups is 4. The Morgan fingerprint density at radius 3 is 2.50 bits per heavy atom. The smallest absolute Gasteiger partial charge is 0.271 e. The van der Waals surface area contributed by atoms with Crippen LogP contribution in [0.4, 0.5) is 5.82 Å². The summed E-state index contributed by atoms with van der Waals surface area (Å²) in [5.74, 6) is -0.828. The van der Waals surface area contributed by atoms with Gasteiger partial charge in [0.1, 0.15) is 30.2 Å². The lowest BCUT2D eigenvalue weighted by atomic mass is 9.99. The molecule has 8 N–H and O–H groups in total. The van der Waals surface area contributed by atoms with Crippen molar-refractivity contribution < 1.29 is 30.0 Å². The number of imidazole rings is 1. The van der Waals surface area contributed by atoms with Crippen LogP contribution in [0.15, 0.2) is 6.33 Å². The fraction of sp³-hybridized carbons (Fsp3) is 0.600. The summed E-state index contributed by atoms with van der Waals surface area (Å²) in [4.78, 5) is 14.7. The molecule has 0 aromatic carbocycles. The van der Waals surface area contributed by atoms with Crippen LogP contribution in [0.3, 0.4) is 0 Å². The molecule has 0 aliphatic carbocycles. The lowest BCUT2D eigenvalue weighted by Crippen LogP contribution is -2.58. The summed E-state index contributed by atoms with van der Waals surface area (Å²) in [6.07, 6.45) is -6.08. The Labute approximate surface area is 113 Å². The van der Waals surface area contributed by atoms with Crippen molar-refractivity contribution in [3.8, 4) is 0 Å². The van der Waals surface area contributed by atoms with Crippen molar-refractivity contribution in [3.63, 3.8) is 0 Å². The van der Waals surface area contributed by atoms with Crippen LogP contribution in [-0.4, -0.2) is 66.6 Å². The predicted octanol–water partition coefficient (Wildman–Crippen LogP) is -3.64. The molecule has 5 atom stereocenters. The first-order chi connectivity index (χ1) is 9.32. The predicted molar refractivity (Wildman–Crippen MR) is 64.1 cm³/mol. The zero-order valence-corrected chi connectivity index (χ0v) is 10.3. The van der Waals surface area contributed by atoms with Crippen molar-refractivity contribution in [2.24, 2.45) is 5.73 Å². The molecule has 0 saturated carbocycles. The van der Waals surface area contributed by atoms with Crippen molar-refractivity contribution in [1.29, 1.82) is 0 Å². The minimum absolute atomic E-state index is 0.0246. The summed E-state index contributed by atoms with van der Waals surface area (Å²) >= 11 is 0. The Balaban J connectivity index is 2.15. The highest BCUT2D eigenvalue weighted by atomic mass is 16.6. The molecule has 0 spiro atoms. The summed E-state index contributed by atoms with van der Waals surface area (Å²) < 4.78 is 6.27. The van der Waals surface area contributed by atoms with Gasteiger partial charge < -0.3 is 41.2 Å². The fourth-order valence-corrected chi connectivity index (χ4v) is 2.00. The molecule has 0 radical (unpaired) electrons. The molecule has 1 saturated heterocycles. The van der Waals surface area contributed by atoms with Gasteiger partial charge in [0.2, 0.25) is 0 Å². The number of carbonyl (C=O) groups excluding carboxylic acids is 1. The number of aliphatic hydroxyl groups excluding tert-OH is 4. The van der Waals surface area contributed by atoms with E-state index < -0.39 is 36.6 Å². The van der Waals surface area contributed by atoms with E-state index in [2.05, 4.69) is 4.98 Å². The molecule has 1 aromatic rings. The van der Waals surface area contributed by atoms with E-state index in [-0.39, 0.29) is 18.1 Å². The summed E-state index contributed by atoms with van der Waals surface area (Å²) in [6.45, 7) is -0.0892. The SMILES string of the molecule is NC(=O)c1ncn(C[C@H]2OC(O)[C@H](O)[C@@H](O)[C@@H]2O)c1N. The van der Waals surface area contributed by atoms with E-state index in [1.165, 1.54) is 10.9 Å². The molecule has 20 heavy (non-hydrogen) atoms. The minimum Gasteiger partial charge on any atom is -0.388 e. The number of hydrogen-bond acceptors (Lipinski definition) is 8. The number of anilines is 1. The van der Waals surface area contributed by atoms with Crippen LogP contribution >= 0.6 is 0 Å². The standard InChI is InChI=1S/C10H16N4O6/c11-8-4(9(12)18)13-2-14(8)1-3-5(15)6(16)7(17)10(19)20-3/h2-3,5-7,10,15-17,19H,1,11H2,(H2,12,18)/t3-,5-,6+,7-,10?/m1/s1. The fourth-order valence-electron chi connectivity index (χ4n) is 2.00. The highest BCUT2D eigenvalue weighted by Gasteiger charge is 2.43. The summed E-state index contributed by atoms with van der Waals surface area (Å²) in [5, 5.41) is 38.1. The number of carbonyl (C=O) groups is 1. The topological polar surface area (TPSA) is 177 Å². The number of hydrogen-bond donors (Lipinski definition) is 6. The zero-order chi connectivity index (χ0) is 15.0. The molecule has 1 aliphatic heterocycles. The number of amides is 1. The van der Waals surface area contributed by atoms with Crippen molar-refractivity contribution in [2.75, 3.05) is 5.73 Å². The largest absolute Gasteiger partial charge is 0.388 e. The van der Waals surface area contributed by atoms with Crippen LogP contribution in [0.5, 0.6) is 0 Å². The second-order valence-electron chi connectivity index (χ2n) is 4.53. The molecule has 10 nitrogen and oxygen atoms in total. The monoisotopic (exact) mass is 288 g/mol. The maximum atomic E-state index is 11.0. The number of primary amides is 1. The second-order valence-corrected chi connectivity index (χ2v) is 4.53. The van der Waals surface area contributed by atoms with Gasteiger partial charge in [0, 0.05) is 0 Å². The highest BCUT2D eigenvalue weighted by molar-refractivity contribution is 5.95. The molecule has 1 unspecified atom stereocenters. The molecule has 112 valence electrons. The first kappa shape index (κ1) is 14.7. The van der Waals surface area contributed by atoms with E-state index >= 15 is 0 Å². The van der Waals surface area contributed by atoms with Gasteiger partial charge in [0.05, 0.1) is 12.9 Å². The molecule has 1 aromatic heterocycles. The minimum atomic E-state index is -1.64. The summed E-state index contributed by atoms with van der Waals surface area (Å²) in [5.41, 5.74) is 10.6. The average molecular weight is 288 g/mol. The molecule has 2 rings (SSSR count). The quantitative estimate of drug-likeness (QED) is 0.330. The van der Waals surface area contributed by atoms with E-state index in [0.717, 1.165) is 0 Å². The van der Waals surface area contributed by atoms with E-state index in [1.54, 1.807) is 0 Å². The lowest BCUT2D eigenvalue weighted by Gasteiger charge is -2.38. The lowest BCUT2D eigenvalue weighted by molar-refractivity contribution is -0.283. The van der Waals surface area contributed by atoms with Gasteiger partial charge in [-0.3, -0.25) is 4.79 Å². The number of nitrogens with zero attached hydrogens (tertiary/aromatic N) is 2. The van der Waals surface area contributed by atoms with Gasteiger partial charge >= 0.3 is 0 Å².